The van der Waals surface area contributed by atoms with Crippen LogP contribution in [0.3, 0.4) is 0 Å². The topological polar surface area (TPSA) is 109 Å². The smallest absolute Gasteiger partial charge is 0.410 e. The number of hydrogen-bond acceptors (Lipinski definition) is 7. The Morgan fingerprint density at radius 2 is 1.85 bits per heavy atom. The van der Waals surface area contributed by atoms with Crippen molar-refractivity contribution in [3.63, 3.8) is 0 Å². The zero-order valence-corrected chi connectivity index (χ0v) is 17.3. The van der Waals surface area contributed by atoms with Gasteiger partial charge in [0.15, 0.2) is 0 Å². The molecule has 3 aliphatic rings. The van der Waals surface area contributed by atoms with Crippen LogP contribution in [0.4, 0.5) is 4.79 Å². The minimum Gasteiger partial charge on any atom is -0.579 e. The second-order valence-electron chi connectivity index (χ2n) is 8.97. The Morgan fingerprint density at radius 1 is 1.30 bits per heavy atom. The van der Waals surface area contributed by atoms with E-state index < -0.39 is 17.1 Å². The van der Waals surface area contributed by atoms with Crippen molar-refractivity contribution in [3.05, 3.63) is 0 Å². The minimum absolute atomic E-state index is 0.183. The lowest BCUT2D eigenvalue weighted by Gasteiger charge is -2.54. The molecule has 2 N–H and O–H groups in total. The van der Waals surface area contributed by atoms with Gasteiger partial charge in [-0.15, -0.1) is 9.44 Å². The van der Waals surface area contributed by atoms with Crippen molar-refractivity contribution >= 4 is 17.6 Å². The summed E-state index contributed by atoms with van der Waals surface area (Å²) in [6.07, 6.45) is 4.04. The zero-order chi connectivity index (χ0) is 19.8. The van der Waals surface area contributed by atoms with Crippen LogP contribution in [0.5, 0.6) is 0 Å². The third-order valence-electron chi connectivity index (χ3n) is 5.68. The Morgan fingerprint density at radius 3 is 2.30 bits per heavy atom. The molecule has 9 heteroatoms. The van der Waals surface area contributed by atoms with E-state index in [4.69, 9.17) is 9.88 Å². The normalized spacial score (nSPS) is 25.3. The second-order valence-corrected chi connectivity index (χ2v) is 10.0. The zero-order valence-electron chi connectivity index (χ0n) is 16.5. The fourth-order valence-electron chi connectivity index (χ4n) is 4.19. The molecule has 1 amide bonds. The predicted molar refractivity (Wildman–Crippen MR) is 103 cm³/mol. The number of amides is 1. The molecule has 2 saturated heterocycles. The number of hydrogen-bond donors (Lipinski definition) is 1. The number of rotatable bonds is 5. The predicted octanol–water partition coefficient (Wildman–Crippen LogP) is 1.36. The summed E-state index contributed by atoms with van der Waals surface area (Å²) in [6.45, 7) is 8.46. The molecule has 8 nitrogen and oxygen atoms in total. The Hall–Kier alpha value is -1.05. The van der Waals surface area contributed by atoms with Gasteiger partial charge in [-0.2, -0.15) is 5.26 Å². The molecule has 152 valence electrons. The fourth-order valence-corrected chi connectivity index (χ4v) is 4.93. The van der Waals surface area contributed by atoms with Crippen molar-refractivity contribution in [2.75, 3.05) is 26.2 Å². The van der Waals surface area contributed by atoms with Gasteiger partial charge in [-0.3, -0.25) is 4.90 Å². The first-order chi connectivity index (χ1) is 12.6. The molecular formula is C18H31N5O3S. The van der Waals surface area contributed by atoms with Gasteiger partial charge < -0.3 is 14.2 Å². The Labute approximate surface area is 165 Å². The summed E-state index contributed by atoms with van der Waals surface area (Å²) in [5.41, 5.74) is -0.750. The first kappa shape index (κ1) is 20.7. The van der Waals surface area contributed by atoms with E-state index in [0.717, 1.165) is 38.8 Å². The standard InChI is InChI=1S/C18H31N5O3S/c1-17(2,3)26-16(24)23(14-4-5-14)15-6-10-21(11-7-15)18(8-9-19)12-22(13-18)27(20)25/h14-15H,4-8,10-13,20H2,1-3H3. The molecule has 3 rings (SSSR count). The van der Waals surface area contributed by atoms with Crippen LogP contribution in [0.2, 0.25) is 0 Å². The molecule has 3 fully saturated rings. The summed E-state index contributed by atoms with van der Waals surface area (Å²) in [5, 5.41) is 14.7. The lowest BCUT2D eigenvalue weighted by atomic mass is 9.84. The molecule has 2 heterocycles. The minimum atomic E-state index is -1.48. The van der Waals surface area contributed by atoms with Crippen LogP contribution >= 0.6 is 0 Å². The molecule has 0 spiro atoms. The number of nitrogens with zero attached hydrogens (tertiary/aromatic N) is 4. The lowest BCUT2D eigenvalue weighted by molar-refractivity contribution is -0.0409. The largest absolute Gasteiger partial charge is 0.579 e. The fraction of sp³-hybridized carbons (Fsp3) is 0.889. The molecule has 0 aromatic carbocycles. The average Bonchev–Trinajstić information content (AvgIpc) is 3.34. The number of ether oxygens (including phenoxy) is 1. The van der Waals surface area contributed by atoms with Gasteiger partial charge in [-0.25, -0.2) is 4.79 Å². The Kier molecular flexibility index (Phi) is 5.94. The number of piperidine rings is 1. The van der Waals surface area contributed by atoms with E-state index in [1.54, 1.807) is 4.31 Å². The molecule has 27 heavy (non-hydrogen) atoms. The van der Waals surface area contributed by atoms with Crippen LogP contribution in [-0.4, -0.2) is 74.2 Å². The number of nitrogens with two attached hydrogens (primary N) is 1. The maximum Gasteiger partial charge on any atom is 0.410 e. The van der Waals surface area contributed by atoms with Gasteiger partial charge in [0.25, 0.3) is 0 Å². The van der Waals surface area contributed by atoms with Crippen LogP contribution in [-0.2, 0) is 16.3 Å². The van der Waals surface area contributed by atoms with Crippen molar-refractivity contribution < 1.29 is 14.1 Å². The van der Waals surface area contributed by atoms with E-state index in [2.05, 4.69) is 11.0 Å². The van der Waals surface area contributed by atoms with Crippen LogP contribution in [0.1, 0.15) is 52.9 Å². The van der Waals surface area contributed by atoms with Gasteiger partial charge in [0.2, 0.25) is 0 Å². The first-order valence-electron chi connectivity index (χ1n) is 9.70. The highest BCUT2D eigenvalue weighted by Crippen LogP contribution is 2.37. The van der Waals surface area contributed by atoms with Crippen molar-refractivity contribution in [2.45, 2.75) is 76.1 Å². The average molecular weight is 398 g/mol. The molecule has 1 unspecified atom stereocenters. The van der Waals surface area contributed by atoms with Gasteiger partial charge in [0.1, 0.15) is 17.1 Å². The molecule has 1 aliphatic carbocycles. The van der Waals surface area contributed by atoms with Crippen molar-refractivity contribution in [3.8, 4) is 6.07 Å². The van der Waals surface area contributed by atoms with E-state index in [9.17, 15) is 14.6 Å². The highest BCUT2D eigenvalue weighted by Gasteiger charge is 2.53. The van der Waals surface area contributed by atoms with Crippen LogP contribution in [0.15, 0.2) is 0 Å². The quantitative estimate of drug-likeness (QED) is 0.698. The summed E-state index contributed by atoms with van der Waals surface area (Å²) in [4.78, 5) is 17.0. The third-order valence-corrected chi connectivity index (χ3v) is 6.44. The summed E-state index contributed by atoms with van der Waals surface area (Å²) in [7, 11) is 0. The molecule has 0 radical (unpaired) electrons. The van der Waals surface area contributed by atoms with Gasteiger partial charge in [0.05, 0.1) is 31.1 Å². The maximum atomic E-state index is 12.7. The third kappa shape index (κ3) is 4.69. The van der Waals surface area contributed by atoms with Crippen molar-refractivity contribution in [2.24, 2.45) is 5.14 Å². The molecule has 0 bridgehead atoms. The van der Waals surface area contributed by atoms with E-state index in [0.29, 0.717) is 25.6 Å². The molecule has 0 aromatic rings. The van der Waals surface area contributed by atoms with Crippen molar-refractivity contribution in [1.29, 1.82) is 5.26 Å². The monoisotopic (exact) mass is 397 g/mol. The lowest BCUT2D eigenvalue weighted by Crippen LogP contribution is -2.73. The van der Waals surface area contributed by atoms with Gasteiger partial charge in [0, 0.05) is 25.2 Å². The summed E-state index contributed by atoms with van der Waals surface area (Å²) in [6, 6.07) is 2.77. The molecule has 1 saturated carbocycles. The number of carbonyl (C=O) groups excluding carboxylic acids is 1. The van der Waals surface area contributed by atoms with E-state index in [1.807, 2.05) is 25.7 Å². The van der Waals surface area contributed by atoms with Crippen LogP contribution < -0.4 is 5.14 Å². The van der Waals surface area contributed by atoms with Crippen molar-refractivity contribution in [1.82, 2.24) is 14.1 Å². The first-order valence-corrected chi connectivity index (χ1v) is 10.9. The Balaban J connectivity index is 1.60. The van der Waals surface area contributed by atoms with Gasteiger partial charge in [-0.05, 0) is 46.5 Å². The van der Waals surface area contributed by atoms with E-state index >= 15 is 0 Å². The molecule has 1 atom stereocenters. The molecule has 0 aromatic heterocycles. The van der Waals surface area contributed by atoms with Gasteiger partial charge >= 0.3 is 6.09 Å². The SMILES string of the molecule is CC(C)(C)OC(=O)N(C1CC1)C1CCN(C2(CC#N)CN([S+](N)[O-])C2)CC1. The highest BCUT2D eigenvalue weighted by molar-refractivity contribution is 7.86. The highest BCUT2D eigenvalue weighted by atomic mass is 32.2. The number of likely N-dealkylation sites (tertiary alicyclic amines) is 1. The van der Waals surface area contributed by atoms with E-state index in [1.165, 1.54) is 0 Å². The van der Waals surface area contributed by atoms with Crippen LogP contribution in [0.25, 0.3) is 0 Å². The second kappa shape index (κ2) is 7.76. The Bertz CT molecular complexity index is 585. The number of nitriles is 1. The van der Waals surface area contributed by atoms with Crippen LogP contribution in [0, 0.1) is 11.3 Å². The summed E-state index contributed by atoms with van der Waals surface area (Å²) < 4.78 is 18.8. The molecule has 2 aliphatic heterocycles. The maximum absolute atomic E-state index is 12.7. The molecular weight excluding hydrogens is 366 g/mol. The summed E-state index contributed by atoms with van der Waals surface area (Å²) in [5.74, 6) is 0. The van der Waals surface area contributed by atoms with E-state index in [-0.39, 0.29) is 17.7 Å². The number of carbonyl (C=O) groups is 1. The summed E-state index contributed by atoms with van der Waals surface area (Å²) >= 11 is -1.48. The van der Waals surface area contributed by atoms with Gasteiger partial charge in [-0.1, -0.05) is 0 Å².